The first-order chi connectivity index (χ1) is 7.29. The third-order valence-corrected chi connectivity index (χ3v) is 2.66. The van der Waals surface area contributed by atoms with Gasteiger partial charge in [-0.15, -0.1) is 0 Å². The van der Waals surface area contributed by atoms with Gasteiger partial charge >= 0.3 is 7.82 Å². The number of hydrogen-bond acceptors (Lipinski definition) is 3. The summed E-state index contributed by atoms with van der Waals surface area (Å²) in [5.74, 6) is 0.0825. The molecule has 4 atom stereocenters. The lowest BCUT2D eigenvalue weighted by Gasteiger charge is -2.22. The molecule has 0 aromatic heterocycles. The number of ether oxygens (including phenoxy) is 1. The van der Waals surface area contributed by atoms with Gasteiger partial charge in [0.2, 0.25) is 0 Å². The minimum absolute atomic E-state index is 0.0825. The Morgan fingerprint density at radius 1 is 1.60 bits per heavy atom. The average Bonchev–Trinajstić information content (AvgIpc) is 2.46. The summed E-state index contributed by atoms with van der Waals surface area (Å²) in [5.41, 5.74) is 0. The first-order valence-corrected chi connectivity index (χ1v) is 6.64. The van der Waals surface area contributed by atoms with Crippen molar-refractivity contribution in [3.8, 4) is 0 Å². The number of hydrogen-bond donors (Lipinski definition) is 2. The highest BCUT2D eigenvalue weighted by Gasteiger charge is 2.33. The zero-order chi connectivity index (χ0) is 12.9. The Morgan fingerprint density at radius 3 is 2.47 bits per heavy atom. The maximum absolute atomic E-state index is 10.6. The molecule has 0 saturated carbocycles. The zero-order valence-corrected chi connectivity index (χ0v) is 10.5. The Labute approximate surface area is 92.4 Å². The second kappa shape index (κ2) is 6.61. The van der Waals surface area contributed by atoms with Crippen LogP contribution in [0.3, 0.4) is 0 Å². The molecule has 92 valence electrons. The number of phosphoric ester groups is 1. The zero-order valence-electron chi connectivity index (χ0n) is 10.6. The first-order valence-electron chi connectivity index (χ1n) is 5.69. The largest absolute Gasteiger partial charge is 0.469 e. The van der Waals surface area contributed by atoms with Gasteiger partial charge < -0.3 is 14.5 Å². The lowest BCUT2D eigenvalue weighted by Crippen LogP contribution is -2.29. The van der Waals surface area contributed by atoms with Crippen LogP contribution in [0.4, 0.5) is 0 Å². The highest BCUT2D eigenvalue weighted by Crippen LogP contribution is 2.40. The van der Waals surface area contributed by atoms with E-state index in [2.05, 4.69) is 4.52 Å². The van der Waals surface area contributed by atoms with E-state index in [1.807, 2.05) is 20.8 Å². The Balaban J connectivity index is 0.00000106. The SMILES string of the molecule is CC.[3H][C@@H]1C[C@H](C)[C@@H]([C@@H](C)OP(=O)(O)O)O1. The summed E-state index contributed by atoms with van der Waals surface area (Å²) in [7, 11) is -4.46. The molecule has 0 bridgehead atoms. The molecule has 0 aliphatic carbocycles. The predicted molar refractivity (Wildman–Crippen MR) is 57.5 cm³/mol. The maximum Gasteiger partial charge on any atom is 0.469 e. The quantitative estimate of drug-likeness (QED) is 0.739. The van der Waals surface area contributed by atoms with Crippen LogP contribution < -0.4 is 0 Å². The summed E-state index contributed by atoms with van der Waals surface area (Å²) < 4.78 is 27.6. The van der Waals surface area contributed by atoms with E-state index < -0.39 is 26.6 Å². The summed E-state index contributed by atoms with van der Waals surface area (Å²) in [5, 5.41) is 0. The van der Waals surface area contributed by atoms with Gasteiger partial charge in [0.1, 0.15) is 0 Å². The summed E-state index contributed by atoms with van der Waals surface area (Å²) in [6.07, 6.45) is -0.536. The minimum atomic E-state index is -4.46. The highest BCUT2D eigenvalue weighted by molar-refractivity contribution is 7.46. The van der Waals surface area contributed by atoms with Crippen LogP contribution in [-0.4, -0.2) is 28.6 Å². The van der Waals surface area contributed by atoms with Crippen LogP contribution in [0, 0.1) is 5.92 Å². The molecule has 1 aliphatic heterocycles. The molecular weight excluding hydrogens is 219 g/mol. The molecule has 15 heavy (non-hydrogen) atoms. The van der Waals surface area contributed by atoms with E-state index in [-0.39, 0.29) is 5.92 Å². The van der Waals surface area contributed by atoms with Crippen molar-refractivity contribution < 1.29 is 25.0 Å². The standard InChI is InChI=1S/C7H15O5P.C2H6/c1-5-3-4-11-7(5)6(2)12-13(8,9)10;1-2/h5-7H,3-4H2,1-2H3,(H2,8,9,10);1-2H3/t5-,6+,7-;/m0./s1/i4T;/t4-,5+,6-,7+;/m1.. The fourth-order valence-electron chi connectivity index (χ4n) is 1.44. The molecule has 0 unspecified atom stereocenters. The Hall–Kier alpha value is 0.0700. The van der Waals surface area contributed by atoms with Gasteiger partial charge in [0.15, 0.2) is 0 Å². The van der Waals surface area contributed by atoms with Gasteiger partial charge in [-0.25, -0.2) is 4.57 Å². The minimum Gasteiger partial charge on any atom is -0.375 e. The van der Waals surface area contributed by atoms with Crippen LogP contribution in [0.15, 0.2) is 0 Å². The lowest BCUT2D eigenvalue weighted by molar-refractivity contribution is -0.00684. The van der Waals surface area contributed by atoms with Gasteiger partial charge in [-0.1, -0.05) is 20.8 Å². The summed E-state index contributed by atoms with van der Waals surface area (Å²) in [6.45, 7) is 6.80. The van der Waals surface area contributed by atoms with Gasteiger partial charge in [-0.3, -0.25) is 4.52 Å². The highest BCUT2D eigenvalue weighted by atomic mass is 31.2. The normalized spacial score (nSPS) is 34.0. The maximum atomic E-state index is 10.6. The van der Waals surface area contributed by atoms with Crippen molar-refractivity contribution in [2.75, 3.05) is 6.58 Å². The van der Waals surface area contributed by atoms with Crippen molar-refractivity contribution in [1.29, 1.82) is 0 Å². The molecule has 0 radical (unpaired) electrons. The molecule has 1 aliphatic rings. The third kappa shape index (κ3) is 5.64. The fraction of sp³-hybridized carbons (Fsp3) is 1.00. The van der Waals surface area contributed by atoms with Crippen LogP contribution in [0.25, 0.3) is 0 Å². The van der Waals surface area contributed by atoms with E-state index in [0.29, 0.717) is 6.42 Å². The van der Waals surface area contributed by atoms with Crippen molar-refractivity contribution in [2.45, 2.75) is 46.3 Å². The molecule has 1 heterocycles. The molecule has 6 heteroatoms. The molecule has 2 N–H and O–H groups in total. The van der Waals surface area contributed by atoms with Crippen molar-refractivity contribution in [3.05, 3.63) is 0 Å². The van der Waals surface area contributed by atoms with Crippen molar-refractivity contribution in [3.63, 3.8) is 0 Å². The van der Waals surface area contributed by atoms with Crippen LogP contribution in [0.5, 0.6) is 0 Å². The van der Waals surface area contributed by atoms with Crippen LogP contribution in [-0.2, 0) is 13.8 Å². The van der Waals surface area contributed by atoms with Crippen molar-refractivity contribution >= 4 is 7.82 Å². The van der Waals surface area contributed by atoms with Gasteiger partial charge in [0.25, 0.3) is 0 Å². The smallest absolute Gasteiger partial charge is 0.375 e. The van der Waals surface area contributed by atoms with Crippen molar-refractivity contribution in [2.24, 2.45) is 5.92 Å². The van der Waals surface area contributed by atoms with E-state index in [1.165, 1.54) is 6.92 Å². The lowest BCUT2D eigenvalue weighted by atomic mass is 10.0. The third-order valence-electron chi connectivity index (χ3n) is 2.05. The summed E-state index contributed by atoms with van der Waals surface area (Å²) in [4.78, 5) is 17.2. The van der Waals surface area contributed by atoms with Crippen LogP contribution in [0.2, 0.25) is 0 Å². The molecular formula is C9H21O5P. The average molecular weight is 242 g/mol. The monoisotopic (exact) mass is 242 g/mol. The van der Waals surface area contributed by atoms with Gasteiger partial charge in [0, 0.05) is 6.58 Å². The molecule has 0 aromatic carbocycles. The van der Waals surface area contributed by atoms with Gasteiger partial charge in [-0.2, -0.15) is 0 Å². The van der Waals surface area contributed by atoms with Gasteiger partial charge in [0.05, 0.1) is 13.6 Å². The summed E-state index contributed by atoms with van der Waals surface area (Å²) in [6, 6.07) is 0. The van der Waals surface area contributed by atoms with Crippen molar-refractivity contribution in [1.82, 2.24) is 0 Å². The molecule has 1 fully saturated rings. The van der Waals surface area contributed by atoms with E-state index in [0.717, 1.165) is 0 Å². The van der Waals surface area contributed by atoms with Crippen LogP contribution in [0.1, 0.15) is 35.5 Å². The Kier molecular flexibility index (Phi) is 5.79. The van der Waals surface area contributed by atoms with E-state index >= 15 is 0 Å². The first kappa shape index (κ1) is 13.1. The van der Waals surface area contributed by atoms with E-state index in [1.54, 1.807) is 0 Å². The fourth-order valence-corrected chi connectivity index (χ4v) is 1.99. The number of phosphoric acid groups is 1. The van der Waals surface area contributed by atoms with Crippen LogP contribution >= 0.6 is 7.82 Å². The summed E-state index contributed by atoms with van der Waals surface area (Å²) >= 11 is 0. The Bertz CT molecular complexity index is 244. The predicted octanol–water partition coefficient (Wildman–Crippen LogP) is 1.94. The molecule has 1 saturated heterocycles. The molecule has 5 nitrogen and oxygen atoms in total. The number of rotatable bonds is 3. The molecule has 0 spiro atoms. The Morgan fingerprint density at radius 2 is 2.13 bits per heavy atom. The second-order valence-electron chi connectivity index (χ2n) is 3.28. The molecule has 0 amide bonds. The van der Waals surface area contributed by atoms with Gasteiger partial charge in [-0.05, 0) is 19.3 Å². The molecule has 1 rings (SSSR count). The molecule has 0 aromatic rings. The topological polar surface area (TPSA) is 76.0 Å². The van der Waals surface area contributed by atoms with E-state index in [4.69, 9.17) is 15.9 Å². The second-order valence-corrected chi connectivity index (χ2v) is 4.47. The van der Waals surface area contributed by atoms with E-state index in [9.17, 15) is 4.57 Å².